The van der Waals surface area contributed by atoms with Crippen molar-refractivity contribution >= 4 is 17.6 Å². The SMILES string of the molecule is O=C(Nc1nc2nccc(-c3ccccn3)n2n1)c1cncc(CC2CCNC2)c1. The lowest BCUT2D eigenvalue weighted by atomic mass is 9.99. The fraction of sp³-hybridized carbons (Fsp3) is 0.238. The Kier molecular flexibility index (Phi) is 4.86. The molecule has 0 aromatic carbocycles. The van der Waals surface area contributed by atoms with Crippen LogP contribution < -0.4 is 10.6 Å². The molecule has 30 heavy (non-hydrogen) atoms. The second-order valence-electron chi connectivity index (χ2n) is 7.29. The molecule has 9 nitrogen and oxygen atoms in total. The molecule has 1 fully saturated rings. The van der Waals surface area contributed by atoms with E-state index < -0.39 is 0 Å². The minimum absolute atomic E-state index is 0.182. The largest absolute Gasteiger partial charge is 0.316 e. The minimum atomic E-state index is -0.302. The van der Waals surface area contributed by atoms with Crippen molar-refractivity contribution in [2.24, 2.45) is 5.92 Å². The first-order valence-electron chi connectivity index (χ1n) is 9.85. The zero-order valence-corrected chi connectivity index (χ0v) is 16.2. The van der Waals surface area contributed by atoms with Gasteiger partial charge in [0.2, 0.25) is 0 Å². The first kappa shape index (κ1) is 18.3. The summed E-state index contributed by atoms with van der Waals surface area (Å²) in [4.78, 5) is 29.9. The van der Waals surface area contributed by atoms with Crippen LogP contribution in [-0.4, -0.2) is 48.5 Å². The fourth-order valence-electron chi connectivity index (χ4n) is 3.67. The molecule has 9 heteroatoms. The highest BCUT2D eigenvalue weighted by Gasteiger charge is 2.17. The van der Waals surface area contributed by atoms with Gasteiger partial charge in [0.1, 0.15) is 0 Å². The van der Waals surface area contributed by atoms with E-state index in [2.05, 4.69) is 35.7 Å². The second kappa shape index (κ2) is 7.96. The summed E-state index contributed by atoms with van der Waals surface area (Å²) < 4.78 is 1.57. The third kappa shape index (κ3) is 3.74. The summed E-state index contributed by atoms with van der Waals surface area (Å²) in [6.45, 7) is 2.06. The lowest BCUT2D eigenvalue weighted by molar-refractivity contribution is 0.102. The maximum Gasteiger partial charge on any atom is 0.259 e. The average Bonchev–Trinajstić information content (AvgIpc) is 3.43. The van der Waals surface area contributed by atoms with Crippen molar-refractivity contribution < 1.29 is 4.79 Å². The molecule has 1 amide bonds. The van der Waals surface area contributed by atoms with E-state index in [1.165, 1.54) is 0 Å². The first-order chi connectivity index (χ1) is 14.8. The predicted octanol–water partition coefficient (Wildman–Crippen LogP) is 1.99. The summed E-state index contributed by atoms with van der Waals surface area (Å²) in [5, 5.41) is 10.5. The van der Waals surface area contributed by atoms with Gasteiger partial charge in [-0.3, -0.25) is 20.1 Å². The molecule has 4 aromatic rings. The highest BCUT2D eigenvalue weighted by atomic mass is 16.1. The van der Waals surface area contributed by atoms with E-state index in [0.717, 1.165) is 42.9 Å². The molecular formula is C21H20N8O. The Morgan fingerprint density at radius 3 is 3.00 bits per heavy atom. The molecule has 0 aliphatic carbocycles. The quantitative estimate of drug-likeness (QED) is 0.527. The highest BCUT2D eigenvalue weighted by molar-refractivity contribution is 6.03. The maximum absolute atomic E-state index is 12.7. The highest BCUT2D eigenvalue weighted by Crippen LogP contribution is 2.18. The van der Waals surface area contributed by atoms with Gasteiger partial charge >= 0.3 is 0 Å². The van der Waals surface area contributed by atoms with Gasteiger partial charge in [0.25, 0.3) is 17.6 Å². The number of hydrogen-bond donors (Lipinski definition) is 2. The molecule has 1 aliphatic heterocycles. The molecule has 5 heterocycles. The van der Waals surface area contributed by atoms with Gasteiger partial charge in [0.15, 0.2) is 0 Å². The maximum atomic E-state index is 12.7. The van der Waals surface area contributed by atoms with Crippen molar-refractivity contribution in [3.05, 3.63) is 66.2 Å². The molecule has 0 bridgehead atoms. The Labute approximate surface area is 172 Å². The average molecular weight is 400 g/mol. The first-order valence-corrected chi connectivity index (χ1v) is 9.85. The summed E-state index contributed by atoms with van der Waals surface area (Å²) in [6, 6.07) is 9.32. The van der Waals surface area contributed by atoms with Gasteiger partial charge in [-0.05, 0) is 61.7 Å². The number of aromatic nitrogens is 6. The molecule has 4 aromatic heterocycles. The number of anilines is 1. The van der Waals surface area contributed by atoms with E-state index >= 15 is 0 Å². The van der Waals surface area contributed by atoms with E-state index in [-0.39, 0.29) is 11.9 Å². The van der Waals surface area contributed by atoms with E-state index in [0.29, 0.717) is 17.3 Å². The number of fused-ring (bicyclic) bond motifs is 1. The number of rotatable bonds is 5. The van der Waals surface area contributed by atoms with Gasteiger partial charge in [-0.25, -0.2) is 4.98 Å². The molecule has 2 N–H and O–H groups in total. The van der Waals surface area contributed by atoms with Gasteiger partial charge in [0, 0.05) is 24.8 Å². The van der Waals surface area contributed by atoms with Crippen molar-refractivity contribution in [2.45, 2.75) is 12.8 Å². The van der Waals surface area contributed by atoms with Gasteiger partial charge in [-0.2, -0.15) is 9.50 Å². The number of hydrogen-bond acceptors (Lipinski definition) is 7. The molecule has 1 saturated heterocycles. The third-order valence-electron chi connectivity index (χ3n) is 5.14. The molecule has 0 spiro atoms. The topological polar surface area (TPSA) is 110 Å². The number of pyridine rings is 2. The second-order valence-corrected chi connectivity index (χ2v) is 7.29. The summed E-state index contributed by atoms with van der Waals surface area (Å²) in [6.07, 6.45) is 8.78. The van der Waals surface area contributed by atoms with E-state index in [1.54, 1.807) is 29.2 Å². The Hall–Kier alpha value is -3.72. The van der Waals surface area contributed by atoms with Gasteiger partial charge in [-0.15, -0.1) is 5.10 Å². The standard InChI is InChI=1S/C21H20N8O/c30-19(16-10-15(12-23-13-16)9-14-4-7-22-11-14)26-20-27-21-25-8-5-18(29(21)28-20)17-3-1-2-6-24-17/h1-3,5-6,8,10,12-14,22H,4,7,9,11H2,(H,26,28,30). The van der Waals surface area contributed by atoms with Crippen LogP contribution in [0.4, 0.5) is 5.95 Å². The number of nitrogens with one attached hydrogen (secondary N) is 2. The smallest absolute Gasteiger partial charge is 0.259 e. The predicted molar refractivity (Wildman–Crippen MR) is 111 cm³/mol. The van der Waals surface area contributed by atoms with Crippen LogP contribution >= 0.6 is 0 Å². The molecule has 5 rings (SSSR count). The van der Waals surface area contributed by atoms with Gasteiger partial charge in [0.05, 0.1) is 17.0 Å². The molecule has 0 saturated carbocycles. The Balaban J connectivity index is 1.37. The molecule has 1 unspecified atom stereocenters. The van der Waals surface area contributed by atoms with Crippen molar-refractivity contribution in [1.29, 1.82) is 0 Å². The zero-order chi connectivity index (χ0) is 20.3. The van der Waals surface area contributed by atoms with Crippen LogP contribution in [0.25, 0.3) is 17.2 Å². The summed E-state index contributed by atoms with van der Waals surface area (Å²) in [7, 11) is 0. The normalized spacial score (nSPS) is 16.1. The van der Waals surface area contributed by atoms with Gasteiger partial charge < -0.3 is 5.32 Å². The fourth-order valence-corrected chi connectivity index (χ4v) is 3.67. The molecular weight excluding hydrogens is 380 g/mol. The summed E-state index contributed by atoms with van der Waals surface area (Å²) in [5.74, 6) is 0.848. The molecule has 1 aliphatic rings. The number of carbonyl (C=O) groups is 1. The summed E-state index contributed by atoms with van der Waals surface area (Å²) in [5.41, 5.74) is 3.02. The van der Waals surface area contributed by atoms with Crippen LogP contribution in [0.1, 0.15) is 22.3 Å². The van der Waals surface area contributed by atoms with E-state index in [4.69, 9.17) is 0 Å². The lowest BCUT2D eigenvalue weighted by Crippen LogP contribution is -2.15. The third-order valence-corrected chi connectivity index (χ3v) is 5.14. The number of amides is 1. The number of carbonyl (C=O) groups excluding carboxylic acids is 1. The van der Waals surface area contributed by atoms with Crippen LogP contribution in [0.5, 0.6) is 0 Å². The lowest BCUT2D eigenvalue weighted by Gasteiger charge is -2.09. The number of nitrogens with zero attached hydrogens (tertiary/aromatic N) is 6. The zero-order valence-electron chi connectivity index (χ0n) is 16.2. The van der Waals surface area contributed by atoms with Crippen molar-refractivity contribution in [3.8, 4) is 11.4 Å². The van der Waals surface area contributed by atoms with E-state index in [1.807, 2.05) is 30.5 Å². The van der Waals surface area contributed by atoms with Crippen molar-refractivity contribution in [3.63, 3.8) is 0 Å². The molecule has 1 atom stereocenters. The van der Waals surface area contributed by atoms with Crippen LogP contribution in [-0.2, 0) is 6.42 Å². The molecule has 0 radical (unpaired) electrons. The van der Waals surface area contributed by atoms with Gasteiger partial charge in [-0.1, -0.05) is 6.07 Å². The summed E-state index contributed by atoms with van der Waals surface area (Å²) >= 11 is 0. The van der Waals surface area contributed by atoms with E-state index in [9.17, 15) is 4.79 Å². The van der Waals surface area contributed by atoms with Crippen LogP contribution in [0.3, 0.4) is 0 Å². The Morgan fingerprint density at radius 1 is 1.20 bits per heavy atom. The van der Waals surface area contributed by atoms with Crippen LogP contribution in [0.15, 0.2) is 55.1 Å². The Bertz CT molecular complexity index is 1180. The van der Waals surface area contributed by atoms with Crippen molar-refractivity contribution in [2.75, 3.05) is 18.4 Å². The Morgan fingerprint density at radius 2 is 2.17 bits per heavy atom. The van der Waals surface area contributed by atoms with Crippen molar-refractivity contribution in [1.82, 2.24) is 34.9 Å². The molecule has 150 valence electrons. The van der Waals surface area contributed by atoms with Crippen LogP contribution in [0, 0.1) is 5.92 Å². The van der Waals surface area contributed by atoms with Crippen LogP contribution in [0.2, 0.25) is 0 Å². The monoisotopic (exact) mass is 400 g/mol. The minimum Gasteiger partial charge on any atom is -0.316 e.